The van der Waals surface area contributed by atoms with Gasteiger partial charge in [0.05, 0.1) is 13.2 Å². The maximum Gasteiger partial charge on any atom is 0.247 e. The van der Waals surface area contributed by atoms with Crippen molar-refractivity contribution in [1.82, 2.24) is 9.80 Å². The molecule has 1 aliphatic rings. The summed E-state index contributed by atoms with van der Waals surface area (Å²) < 4.78 is 5.44. The first-order valence-corrected chi connectivity index (χ1v) is 10.1. The molecule has 2 aromatic carbocycles. The van der Waals surface area contributed by atoms with Gasteiger partial charge in [-0.15, -0.1) is 0 Å². The summed E-state index contributed by atoms with van der Waals surface area (Å²) in [5.74, 6) is 0.0135. The largest absolute Gasteiger partial charge is 0.379 e. The van der Waals surface area contributed by atoms with E-state index in [9.17, 15) is 4.79 Å². The zero-order chi connectivity index (χ0) is 19.8. The number of ether oxygens (including phenoxy) is 1. The molecule has 1 unspecified atom stereocenters. The molecule has 0 aliphatic carbocycles. The Kier molecular flexibility index (Phi) is 7.66. The van der Waals surface area contributed by atoms with Crippen LogP contribution in [0.1, 0.15) is 18.1 Å². The number of morpholine rings is 1. The van der Waals surface area contributed by atoms with Crippen molar-refractivity contribution in [3.8, 4) is 0 Å². The number of rotatable bonds is 7. The molecule has 0 aromatic heterocycles. The molecule has 0 spiro atoms. The van der Waals surface area contributed by atoms with E-state index in [1.165, 1.54) is 0 Å². The number of hydrogen-bond acceptors (Lipinski definition) is 3. The predicted octanol–water partition coefficient (Wildman–Crippen LogP) is 4.10. The number of nitrogens with zero attached hydrogens (tertiary/aromatic N) is 2. The second-order valence-electron chi connectivity index (χ2n) is 7.10. The first-order chi connectivity index (χ1) is 13.6. The predicted molar refractivity (Wildman–Crippen MR) is 114 cm³/mol. The highest BCUT2D eigenvalue weighted by Crippen LogP contribution is 2.14. The Morgan fingerprint density at radius 2 is 1.82 bits per heavy atom. The molecule has 2 aromatic rings. The molecule has 1 amide bonds. The fraction of sp³-hybridized carbons (Fsp3) is 0.348. The summed E-state index contributed by atoms with van der Waals surface area (Å²) in [5, 5.41) is 0.688. The molecule has 28 heavy (non-hydrogen) atoms. The van der Waals surface area contributed by atoms with Crippen LogP contribution in [-0.2, 0) is 16.1 Å². The van der Waals surface area contributed by atoms with Gasteiger partial charge in [-0.05, 0) is 36.3 Å². The summed E-state index contributed by atoms with van der Waals surface area (Å²) in [6.07, 6.45) is 3.50. The molecule has 1 fully saturated rings. The lowest BCUT2D eigenvalue weighted by molar-refractivity contribution is -0.129. The average molecular weight is 399 g/mol. The fourth-order valence-electron chi connectivity index (χ4n) is 3.32. The molecule has 148 valence electrons. The molecule has 5 heteroatoms. The Morgan fingerprint density at radius 3 is 2.50 bits per heavy atom. The third-order valence-corrected chi connectivity index (χ3v) is 5.18. The second-order valence-corrected chi connectivity index (χ2v) is 7.54. The number of carbonyl (C=O) groups is 1. The molecule has 0 N–H and O–H groups in total. The molecule has 1 aliphatic heterocycles. The van der Waals surface area contributed by atoms with Crippen LogP contribution in [0, 0.1) is 0 Å². The molecule has 1 heterocycles. The second kappa shape index (κ2) is 10.4. The topological polar surface area (TPSA) is 32.8 Å². The minimum Gasteiger partial charge on any atom is -0.379 e. The standard InChI is InChI=1S/C23H27ClN2O2/c1-19(17-25-13-15-28-16-14-25)26(18-21-5-3-2-4-6-21)23(27)12-9-20-7-10-22(24)11-8-20/h2-12,19H,13-18H2,1H3/b12-9+. The Hall–Kier alpha value is -2.14. The number of hydrogen-bond donors (Lipinski definition) is 0. The number of amides is 1. The van der Waals surface area contributed by atoms with Crippen LogP contribution < -0.4 is 0 Å². The molecule has 1 atom stereocenters. The van der Waals surface area contributed by atoms with Gasteiger partial charge in [-0.3, -0.25) is 9.69 Å². The first kappa shape index (κ1) is 20.6. The van der Waals surface area contributed by atoms with Gasteiger partial charge in [-0.2, -0.15) is 0 Å². The van der Waals surface area contributed by atoms with Gasteiger partial charge < -0.3 is 9.64 Å². The van der Waals surface area contributed by atoms with Crippen LogP contribution in [0.3, 0.4) is 0 Å². The van der Waals surface area contributed by atoms with E-state index in [0.29, 0.717) is 11.6 Å². The summed E-state index contributed by atoms with van der Waals surface area (Å²) in [4.78, 5) is 17.3. The van der Waals surface area contributed by atoms with Gasteiger partial charge in [0.25, 0.3) is 0 Å². The molecule has 0 bridgehead atoms. The average Bonchev–Trinajstić information content (AvgIpc) is 2.73. The van der Waals surface area contributed by atoms with Crippen molar-refractivity contribution in [3.05, 3.63) is 76.8 Å². The van der Waals surface area contributed by atoms with Crippen molar-refractivity contribution in [2.75, 3.05) is 32.8 Å². The third-order valence-electron chi connectivity index (χ3n) is 4.93. The molecular formula is C23H27ClN2O2. The van der Waals surface area contributed by atoms with E-state index in [-0.39, 0.29) is 11.9 Å². The maximum absolute atomic E-state index is 13.0. The van der Waals surface area contributed by atoms with Crippen LogP contribution in [0.2, 0.25) is 5.02 Å². The van der Waals surface area contributed by atoms with Crippen LogP contribution in [-0.4, -0.2) is 54.6 Å². The van der Waals surface area contributed by atoms with Crippen LogP contribution in [0.5, 0.6) is 0 Å². The van der Waals surface area contributed by atoms with Gasteiger partial charge in [0, 0.05) is 43.3 Å². The van der Waals surface area contributed by atoms with Gasteiger partial charge in [-0.25, -0.2) is 0 Å². The number of benzene rings is 2. The van der Waals surface area contributed by atoms with Gasteiger partial charge >= 0.3 is 0 Å². The third kappa shape index (κ3) is 6.20. The maximum atomic E-state index is 13.0. The summed E-state index contributed by atoms with van der Waals surface area (Å²) in [7, 11) is 0. The first-order valence-electron chi connectivity index (χ1n) is 9.70. The summed E-state index contributed by atoms with van der Waals surface area (Å²) >= 11 is 5.94. The monoisotopic (exact) mass is 398 g/mol. The van der Waals surface area contributed by atoms with E-state index in [4.69, 9.17) is 16.3 Å². The van der Waals surface area contributed by atoms with Crippen LogP contribution in [0.4, 0.5) is 0 Å². The highest BCUT2D eigenvalue weighted by Gasteiger charge is 2.22. The Bertz CT molecular complexity index is 771. The van der Waals surface area contributed by atoms with Crippen molar-refractivity contribution in [3.63, 3.8) is 0 Å². The molecule has 3 rings (SSSR count). The quantitative estimate of drug-likeness (QED) is 0.658. The van der Waals surface area contributed by atoms with Gasteiger partial charge in [0.15, 0.2) is 0 Å². The van der Waals surface area contributed by atoms with E-state index in [1.807, 2.05) is 53.4 Å². The summed E-state index contributed by atoms with van der Waals surface area (Å²) in [6, 6.07) is 17.7. The molecule has 0 saturated carbocycles. The van der Waals surface area contributed by atoms with Gasteiger partial charge in [0.1, 0.15) is 0 Å². The van der Waals surface area contributed by atoms with Crippen molar-refractivity contribution >= 4 is 23.6 Å². The highest BCUT2D eigenvalue weighted by molar-refractivity contribution is 6.30. The van der Waals surface area contributed by atoms with Gasteiger partial charge in [-0.1, -0.05) is 54.1 Å². The normalized spacial score (nSPS) is 16.2. The zero-order valence-electron chi connectivity index (χ0n) is 16.3. The molecule has 1 saturated heterocycles. The lowest BCUT2D eigenvalue weighted by Gasteiger charge is -2.34. The Labute approximate surface area is 172 Å². The van der Waals surface area contributed by atoms with E-state index in [1.54, 1.807) is 6.08 Å². The van der Waals surface area contributed by atoms with E-state index in [0.717, 1.165) is 44.0 Å². The molecule has 4 nitrogen and oxygen atoms in total. The highest BCUT2D eigenvalue weighted by atomic mass is 35.5. The number of halogens is 1. The fourth-order valence-corrected chi connectivity index (χ4v) is 3.45. The van der Waals surface area contributed by atoms with Gasteiger partial charge in [0.2, 0.25) is 5.91 Å². The van der Waals surface area contributed by atoms with E-state index in [2.05, 4.69) is 24.0 Å². The van der Waals surface area contributed by atoms with E-state index < -0.39 is 0 Å². The van der Waals surface area contributed by atoms with Crippen LogP contribution in [0.15, 0.2) is 60.7 Å². The zero-order valence-corrected chi connectivity index (χ0v) is 17.0. The van der Waals surface area contributed by atoms with Crippen LogP contribution in [0.25, 0.3) is 6.08 Å². The van der Waals surface area contributed by atoms with Crippen LogP contribution >= 0.6 is 11.6 Å². The minimum atomic E-state index is 0.0135. The van der Waals surface area contributed by atoms with Crippen molar-refractivity contribution in [2.24, 2.45) is 0 Å². The van der Waals surface area contributed by atoms with Crippen molar-refractivity contribution in [2.45, 2.75) is 19.5 Å². The van der Waals surface area contributed by atoms with Crippen molar-refractivity contribution in [1.29, 1.82) is 0 Å². The van der Waals surface area contributed by atoms with E-state index >= 15 is 0 Å². The lowest BCUT2D eigenvalue weighted by Crippen LogP contribution is -2.47. The summed E-state index contributed by atoms with van der Waals surface area (Å²) in [5.41, 5.74) is 2.09. The minimum absolute atomic E-state index is 0.0135. The Morgan fingerprint density at radius 1 is 1.14 bits per heavy atom. The smallest absolute Gasteiger partial charge is 0.247 e. The SMILES string of the molecule is CC(CN1CCOCC1)N(Cc1ccccc1)C(=O)/C=C/c1ccc(Cl)cc1. The van der Waals surface area contributed by atoms with Crippen molar-refractivity contribution < 1.29 is 9.53 Å². The molecule has 0 radical (unpaired) electrons. The Balaban J connectivity index is 1.71. The number of carbonyl (C=O) groups excluding carboxylic acids is 1. The molecular weight excluding hydrogens is 372 g/mol. The lowest BCUT2D eigenvalue weighted by atomic mass is 10.1. The summed E-state index contributed by atoms with van der Waals surface area (Å²) in [6.45, 7) is 6.90.